The molecular formula is C21H33N3O2. The first-order chi connectivity index (χ1) is 12.6. The van der Waals surface area contributed by atoms with E-state index >= 15 is 0 Å². The Morgan fingerprint density at radius 2 is 1.77 bits per heavy atom. The third-order valence-corrected chi connectivity index (χ3v) is 6.04. The van der Waals surface area contributed by atoms with Crippen LogP contribution in [0.3, 0.4) is 0 Å². The number of likely N-dealkylation sites (N-methyl/N-ethyl adjacent to an activating group) is 1. The minimum Gasteiger partial charge on any atom is -0.396 e. The van der Waals surface area contributed by atoms with Crippen molar-refractivity contribution in [2.75, 3.05) is 59.0 Å². The van der Waals surface area contributed by atoms with E-state index in [0.717, 1.165) is 58.5 Å². The zero-order valence-corrected chi connectivity index (χ0v) is 16.1. The molecule has 5 nitrogen and oxygen atoms in total. The van der Waals surface area contributed by atoms with Crippen LogP contribution in [0.1, 0.15) is 25.3 Å². The number of carbonyl (C=O) groups excluding carboxylic acids is 1. The van der Waals surface area contributed by atoms with Gasteiger partial charge < -0.3 is 14.9 Å². The lowest BCUT2D eigenvalue weighted by Gasteiger charge is -2.43. The molecule has 0 aromatic heterocycles. The molecule has 1 N–H and O–H groups in total. The number of aliphatic hydroxyl groups is 1. The summed E-state index contributed by atoms with van der Waals surface area (Å²) >= 11 is 0. The monoisotopic (exact) mass is 359 g/mol. The summed E-state index contributed by atoms with van der Waals surface area (Å²) in [7, 11) is 0. The summed E-state index contributed by atoms with van der Waals surface area (Å²) < 4.78 is 0. The van der Waals surface area contributed by atoms with Crippen molar-refractivity contribution in [3.05, 3.63) is 35.9 Å². The lowest BCUT2D eigenvalue weighted by molar-refractivity contribution is -0.137. The van der Waals surface area contributed by atoms with E-state index in [-0.39, 0.29) is 17.9 Å². The van der Waals surface area contributed by atoms with Crippen molar-refractivity contribution in [2.45, 2.75) is 26.2 Å². The first-order valence-corrected chi connectivity index (χ1v) is 10.0. The first-order valence-electron chi connectivity index (χ1n) is 10.0. The first kappa shape index (κ1) is 19.3. The second-order valence-corrected chi connectivity index (χ2v) is 7.95. The smallest absolute Gasteiger partial charge is 0.236 e. The van der Waals surface area contributed by atoms with E-state index in [9.17, 15) is 9.90 Å². The maximum atomic E-state index is 12.9. The number of amides is 1. The number of nitrogens with zero attached hydrogens (tertiary/aromatic N) is 3. The normalized spacial score (nSPS) is 25.4. The zero-order valence-electron chi connectivity index (χ0n) is 16.1. The van der Waals surface area contributed by atoms with Gasteiger partial charge in [-0.05, 0) is 31.4 Å². The number of aliphatic hydroxyl groups excluding tert-OH is 1. The molecule has 26 heavy (non-hydrogen) atoms. The average molecular weight is 360 g/mol. The fraction of sp³-hybridized carbons (Fsp3) is 0.667. The summed E-state index contributed by atoms with van der Waals surface area (Å²) in [6, 6.07) is 10.3. The molecule has 0 bridgehead atoms. The molecule has 1 aromatic carbocycles. The Balaban J connectivity index is 1.57. The maximum Gasteiger partial charge on any atom is 0.236 e. The Kier molecular flexibility index (Phi) is 6.68. The number of benzene rings is 1. The van der Waals surface area contributed by atoms with Crippen LogP contribution in [-0.2, 0) is 11.2 Å². The Bertz CT molecular complexity index is 572. The van der Waals surface area contributed by atoms with Crippen molar-refractivity contribution < 1.29 is 9.90 Å². The van der Waals surface area contributed by atoms with Crippen LogP contribution in [0.4, 0.5) is 0 Å². The SMILES string of the molecule is CCN1CCN(CC(=O)N2CCCC(CO)(Cc3ccccc3)C2)CC1. The van der Waals surface area contributed by atoms with Crippen LogP contribution in [-0.4, -0.2) is 84.7 Å². The van der Waals surface area contributed by atoms with Gasteiger partial charge in [0.2, 0.25) is 5.91 Å². The van der Waals surface area contributed by atoms with Crippen LogP contribution in [0.5, 0.6) is 0 Å². The van der Waals surface area contributed by atoms with Gasteiger partial charge in [0.05, 0.1) is 13.2 Å². The molecule has 1 unspecified atom stereocenters. The van der Waals surface area contributed by atoms with Gasteiger partial charge >= 0.3 is 0 Å². The van der Waals surface area contributed by atoms with Crippen LogP contribution in [0.2, 0.25) is 0 Å². The lowest BCUT2D eigenvalue weighted by Crippen LogP contribution is -2.53. The molecule has 0 aliphatic carbocycles. The molecule has 2 aliphatic rings. The molecule has 1 amide bonds. The topological polar surface area (TPSA) is 47.0 Å². The molecule has 5 heteroatoms. The number of piperazine rings is 1. The van der Waals surface area contributed by atoms with Crippen LogP contribution in [0.25, 0.3) is 0 Å². The zero-order chi connectivity index (χ0) is 18.4. The van der Waals surface area contributed by atoms with E-state index in [4.69, 9.17) is 0 Å². The van der Waals surface area contributed by atoms with Gasteiger partial charge in [-0.1, -0.05) is 37.3 Å². The van der Waals surface area contributed by atoms with Crippen LogP contribution >= 0.6 is 0 Å². The molecule has 1 aromatic rings. The highest BCUT2D eigenvalue weighted by Crippen LogP contribution is 2.33. The van der Waals surface area contributed by atoms with E-state index < -0.39 is 0 Å². The van der Waals surface area contributed by atoms with Crippen molar-refractivity contribution in [3.63, 3.8) is 0 Å². The van der Waals surface area contributed by atoms with E-state index in [1.807, 2.05) is 23.1 Å². The highest BCUT2D eigenvalue weighted by molar-refractivity contribution is 5.78. The average Bonchev–Trinajstić information content (AvgIpc) is 2.69. The predicted molar refractivity (Wildman–Crippen MR) is 104 cm³/mol. The van der Waals surface area contributed by atoms with Crippen molar-refractivity contribution >= 4 is 5.91 Å². The number of rotatable bonds is 6. The summed E-state index contributed by atoms with van der Waals surface area (Å²) in [5, 5.41) is 10.1. The maximum absolute atomic E-state index is 12.9. The summed E-state index contributed by atoms with van der Waals surface area (Å²) in [5.74, 6) is 0.223. The number of likely N-dealkylation sites (tertiary alicyclic amines) is 1. The fourth-order valence-corrected chi connectivity index (χ4v) is 4.33. The quantitative estimate of drug-likeness (QED) is 0.836. The summed E-state index contributed by atoms with van der Waals surface area (Å²) in [4.78, 5) is 19.6. The van der Waals surface area contributed by atoms with E-state index in [2.05, 4.69) is 28.9 Å². The Hall–Kier alpha value is -1.43. The summed E-state index contributed by atoms with van der Waals surface area (Å²) in [6.07, 6.45) is 2.80. The third-order valence-electron chi connectivity index (χ3n) is 6.04. The van der Waals surface area contributed by atoms with Crippen molar-refractivity contribution in [2.24, 2.45) is 5.41 Å². The molecule has 3 rings (SSSR count). The molecule has 144 valence electrons. The standard InChI is InChI=1S/C21H33N3O2/c1-2-22-11-13-23(14-12-22)16-20(26)24-10-6-9-21(17-24,18-25)15-19-7-4-3-5-8-19/h3-5,7-8,25H,2,6,9-18H2,1H3. The number of carbonyl (C=O) groups is 1. The summed E-state index contributed by atoms with van der Waals surface area (Å²) in [6.45, 7) is 9.49. The lowest BCUT2D eigenvalue weighted by atomic mass is 9.75. The molecule has 0 spiro atoms. The van der Waals surface area contributed by atoms with Gasteiger partial charge in [-0.2, -0.15) is 0 Å². The molecule has 2 saturated heterocycles. The fourth-order valence-electron chi connectivity index (χ4n) is 4.33. The van der Waals surface area contributed by atoms with Gasteiger partial charge in [0.15, 0.2) is 0 Å². The Morgan fingerprint density at radius 3 is 2.42 bits per heavy atom. The highest BCUT2D eigenvalue weighted by atomic mass is 16.3. The molecule has 2 fully saturated rings. The minimum absolute atomic E-state index is 0.140. The van der Waals surface area contributed by atoms with Gasteiger partial charge in [-0.25, -0.2) is 0 Å². The van der Waals surface area contributed by atoms with Crippen molar-refractivity contribution in [1.82, 2.24) is 14.7 Å². The van der Waals surface area contributed by atoms with Gasteiger partial charge in [-0.15, -0.1) is 0 Å². The van der Waals surface area contributed by atoms with Crippen molar-refractivity contribution in [1.29, 1.82) is 0 Å². The largest absolute Gasteiger partial charge is 0.396 e. The Morgan fingerprint density at radius 1 is 1.08 bits per heavy atom. The second-order valence-electron chi connectivity index (χ2n) is 7.95. The Labute approximate surface area is 157 Å². The molecule has 2 aliphatic heterocycles. The van der Waals surface area contributed by atoms with Gasteiger partial charge in [0, 0.05) is 44.7 Å². The van der Waals surface area contributed by atoms with Gasteiger partial charge in [0.25, 0.3) is 0 Å². The van der Waals surface area contributed by atoms with E-state index in [1.165, 1.54) is 5.56 Å². The van der Waals surface area contributed by atoms with E-state index in [1.54, 1.807) is 0 Å². The highest BCUT2D eigenvalue weighted by Gasteiger charge is 2.37. The van der Waals surface area contributed by atoms with E-state index in [0.29, 0.717) is 13.1 Å². The van der Waals surface area contributed by atoms with Gasteiger partial charge in [-0.3, -0.25) is 9.69 Å². The molecule has 1 atom stereocenters. The third kappa shape index (κ3) is 4.84. The number of hydrogen-bond acceptors (Lipinski definition) is 4. The number of piperidine rings is 1. The number of hydrogen-bond donors (Lipinski definition) is 1. The summed E-state index contributed by atoms with van der Waals surface area (Å²) in [5.41, 5.74) is 1.04. The van der Waals surface area contributed by atoms with Crippen LogP contribution < -0.4 is 0 Å². The predicted octanol–water partition coefficient (Wildman–Crippen LogP) is 1.47. The van der Waals surface area contributed by atoms with Crippen molar-refractivity contribution in [3.8, 4) is 0 Å². The minimum atomic E-state index is -0.198. The molecule has 0 saturated carbocycles. The molecule has 0 radical (unpaired) electrons. The van der Waals surface area contributed by atoms with Gasteiger partial charge in [0.1, 0.15) is 0 Å². The van der Waals surface area contributed by atoms with Crippen LogP contribution in [0.15, 0.2) is 30.3 Å². The second kappa shape index (κ2) is 8.98. The van der Waals surface area contributed by atoms with Crippen LogP contribution in [0, 0.1) is 5.41 Å². The molecular weight excluding hydrogens is 326 g/mol. The molecule has 2 heterocycles.